The van der Waals surface area contributed by atoms with E-state index in [0.717, 1.165) is 11.1 Å². The van der Waals surface area contributed by atoms with Gasteiger partial charge in [-0.15, -0.1) is 0 Å². The number of hydrogen-bond donors (Lipinski definition) is 2. The molecule has 164 valence electrons. The van der Waals surface area contributed by atoms with Gasteiger partial charge in [0.05, 0.1) is 23.7 Å². The van der Waals surface area contributed by atoms with Crippen LogP contribution < -0.4 is 0 Å². The van der Waals surface area contributed by atoms with Crippen LogP contribution in [-0.4, -0.2) is 45.8 Å². The smallest absolute Gasteiger partial charge is 0.163 e. The number of nitrogens with zero attached hydrogens (tertiary/aromatic N) is 2. The zero-order valence-electron chi connectivity index (χ0n) is 19.2. The highest BCUT2D eigenvalue weighted by Crippen LogP contribution is 2.27. The summed E-state index contributed by atoms with van der Waals surface area (Å²) in [7, 11) is 0. The fourth-order valence-corrected chi connectivity index (χ4v) is 3.44. The normalized spacial score (nSPS) is 13.3. The van der Waals surface area contributed by atoms with Crippen LogP contribution in [0.5, 0.6) is 11.5 Å². The van der Waals surface area contributed by atoms with Crippen molar-refractivity contribution in [2.45, 2.75) is 54.5 Å². The van der Waals surface area contributed by atoms with Gasteiger partial charge in [-0.25, -0.2) is 0 Å². The number of Topliss-reactive ketones (excluding diaryl/α,β-unsaturated/α-hetero) is 2. The average Bonchev–Trinajstić information content (AvgIpc) is 2.68. The Bertz CT molecular complexity index is 1100. The van der Waals surface area contributed by atoms with Gasteiger partial charge in [0.15, 0.2) is 11.6 Å². The number of aromatic hydroxyl groups is 2. The molecule has 2 rings (SSSR count). The molecule has 0 fully saturated rings. The van der Waals surface area contributed by atoms with Crippen LogP contribution in [-0.2, 0) is 0 Å². The van der Waals surface area contributed by atoms with Crippen molar-refractivity contribution in [3.63, 3.8) is 0 Å². The third-order valence-corrected chi connectivity index (χ3v) is 5.05. The molecule has 6 nitrogen and oxygen atoms in total. The number of ketones is 2. The zero-order chi connectivity index (χ0) is 23.5. The molecular weight excluding hydrogens is 392 g/mol. The lowest BCUT2D eigenvalue weighted by Crippen LogP contribution is -2.11. The zero-order valence-corrected chi connectivity index (χ0v) is 19.2. The lowest BCUT2D eigenvalue weighted by Gasteiger charge is -2.13. The Balaban J connectivity index is 2.30. The van der Waals surface area contributed by atoms with Gasteiger partial charge in [-0.05, 0) is 83.9 Å². The Hall–Kier alpha value is -3.28. The van der Waals surface area contributed by atoms with E-state index in [0.29, 0.717) is 29.1 Å². The summed E-state index contributed by atoms with van der Waals surface area (Å²) in [6.45, 7) is 12.4. The Morgan fingerprint density at radius 2 is 1.16 bits per heavy atom. The van der Waals surface area contributed by atoms with Crippen LogP contribution >= 0.6 is 0 Å². The minimum Gasteiger partial charge on any atom is -0.506 e. The van der Waals surface area contributed by atoms with Crippen molar-refractivity contribution in [3.05, 3.63) is 57.6 Å². The van der Waals surface area contributed by atoms with Crippen molar-refractivity contribution in [2.75, 3.05) is 6.54 Å². The Kier molecular flexibility index (Phi) is 7.50. The highest BCUT2D eigenvalue weighted by atomic mass is 16.3. The monoisotopic (exact) mass is 422 g/mol. The van der Waals surface area contributed by atoms with E-state index in [1.807, 2.05) is 20.8 Å². The number of benzene rings is 2. The summed E-state index contributed by atoms with van der Waals surface area (Å²) in [5.74, 6) is -0.529. The molecule has 0 aliphatic carbocycles. The van der Waals surface area contributed by atoms with E-state index in [9.17, 15) is 19.8 Å². The summed E-state index contributed by atoms with van der Waals surface area (Å²) in [6, 6.07) is 6.72. The highest BCUT2D eigenvalue weighted by molar-refractivity contribution is 6.07. The van der Waals surface area contributed by atoms with Crippen molar-refractivity contribution >= 4 is 23.0 Å². The molecule has 0 heterocycles. The van der Waals surface area contributed by atoms with E-state index < -0.39 is 0 Å². The van der Waals surface area contributed by atoms with Gasteiger partial charge in [-0.2, -0.15) is 0 Å². The predicted molar refractivity (Wildman–Crippen MR) is 124 cm³/mol. The summed E-state index contributed by atoms with van der Waals surface area (Å²) in [5.41, 5.74) is 4.57. The number of phenols is 2. The van der Waals surface area contributed by atoms with Crippen LogP contribution in [0, 0.1) is 13.8 Å². The minimum absolute atomic E-state index is 0.0619. The first kappa shape index (κ1) is 24.0. The Labute approximate surface area is 183 Å². The van der Waals surface area contributed by atoms with Gasteiger partial charge in [0.1, 0.15) is 11.5 Å². The number of carbonyl (C=O) groups excluding carboxylic acids is 2. The Morgan fingerprint density at radius 3 is 1.58 bits per heavy atom. The van der Waals surface area contributed by atoms with Crippen molar-refractivity contribution in [3.8, 4) is 11.5 Å². The van der Waals surface area contributed by atoms with Crippen molar-refractivity contribution in [2.24, 2.45) is 9.98 Å². The van der Waals surface area contributed by atoms with Crippen LogP contribution in [0.25, 0.3) is 0 Å². The molecule has 0 saturated carbocycles. The molecule has 0 spiro atoms. The quantitative estimate of drug-likeness (QED) is 0.493. The molecule has 2 N–H and O–H groups in total. The fraction of sp³-hybridized carbons (Fsp3) is 0.360. The number of hydrogen-bond acceptors (Lipinski definition) is 6. The first-order valence-corrected chi connectivity index (χ1v) is 10.2. The number of aliphatic imine (C=N–C) groups is 2. The molecule has 0 amide bonds. The molecular formula is C25H30N2O4. The predicted octanol–water partition coefficient (Wildman–Crippen LogP) is 4.83. The summed E-state index contributed by atoms with van der Waals surface area (Å²) in [6.07, 6.45) is 0. The maximum Gasteiger partial charge on any atom is 0.163 e. The van der Waals surface area contributed by atoms with Gasteiger partial charge >= 0.3 is 0 Å². The summed E-state index contributed by atoms with van der Waals surface area (Å²) in [5, 5.41) is 20.9. The summed E-state index contributed by atoms with van der Waals surface area (Å²) < 4.78 is 0. The molecule has 2 aromatic carbocycles. The topological polar surface area (TPSA) is 99.3 Å². The molecule has 31 heavy (non-hydrogen) atoms. The fourth-order valence-electron chi connectivity index (χ4n) is 3.44. The second-order valence-electron chi connectivity index (χ2n) is 8.02. The molecule has 0 saturated heterocycles. The third kappa shape index (κ3) is 5.66. The maximum absolute atomic E-state index is 11.8. The summed E-state index contributed by atoms with van der Waals surface area (Å²) in [4.78, 5) is 32.7. The molecule has 6 heteroatoms. The standard InChI is InChI=1S/C25H30N2O4/c1-13-8-20(24(30)22(10-13)18(6)28)16(4)26-12-15(3)27-17(5)21-9-14(2)11-23(19(7)29)25(21)31/h8-11,15,30-31H,12H2,1-7H3. The van der Waals surface area contributed by atoms with E-state index in [2.05, 4.69) is 9.98 Å². The maximum atomic E-state index is 11.8. The van der Waals surface area contributed by atoms with Crippen molar-refractivity contribution < 1.29 is 19.8 Å². The molecule has 0 aromatic heterocycles. The van der Waals surface area contributed by atoms with Gasteiger partial charge < -0.3 is 10.2 Å². The van der Waals surface area contributed by atoms with Crippen LogP contribution in [0.1, 0.15) is 77.6 Å². The van der Waals surface area contributed by atoms with Gasteiger partial charge in [0.25, 0.3) is 0 Å². The van der Waals surface area contributed by atoms with Gasteiger partial charge in [0.2, 0.25) is 0 Å². The van der Waals surface area contributed by atoms with Crippen molar-refractivity contribution in [1.29, 1.82) is 0 Å². The summed E-state index contributed by atoms with van der Waals surface area (Å²) >= 11 is 0. The van der Waals surface area contributed by atoms with E-state index in [4.69, 9.17) is 0 Å². The number of rotatable bonds is 7. The van der Waals surface area contributed by atoms with Crippen molar-refractivity contribution in [1.82, 2.24) is 0 Å². The lowest BCUT2D eigenvalue weighted by atomic mass is 9.99. The van der Waals surface area contributed by atoms with Crippen LogP contribution in [0.4, 0.5) is 0 Å². The van der Waals surface area contributed by atoms with Crippen LogP contribution in [0.3, 0.4) is 0 Å². The van der Waals surface area contributed by atoms with E-state index in [1.165, 1.54) is 13.8 Å². The lowest BCUT2D eigenvalue weighted by molar-refractivity contribution is 0.100. The van der Waals surface area contributed by atoms with Gasteiger partial charge in [0, 0.05) is 22.6 Å². The molecule has 1 atom stereocenters. The number of aryl methyl sites for hydroxylation is 2. The second kappa shape index (κ2) is 9.69. The first-order valence-electron chi connectivity index (χ1n) is 10.2. The minimum atomic E-state index is -0.202. The highest BCUT2D eigenvalue weighted by Gasteiger charge is 2.16. The molecule has 0 aliphatic rings. The van der Waals surface area contributed by atoms with Crippen LogP contribution in [0.15, 0.2) is 34.3 Å². The van der Waals surface area contributed by atoms with Gasteiger partial charge in [-0.3, -0.25) is 19.6 Å². The van der Waals surface area contributed by atoms with E-state index in [-0.39, 0.29) is 40.2 Å². The number of carbonyl (C=O) groups is 2. The molecule has 0 bridgehead atoms. The largest absolute Gasteiger partial charge is 0.506 e. The number of phenolic OH excluding ortho intramolecular Hbond substituents is 2. The molecule has 2 aromatic rings. The molecule has 0 aliphatic heterocycles. The Morgan fingerprint density at radius 1 is 0.774 bits per heavy atom. The van der Waals surface area contributed by atoms with E-state index in [1.54, 1.807) is 38.1 Å². The third-order valence-electron chi connectivity index (χ3n) is 5.05. The molecule has 1 unspecified atom stereocenters. The molecule has 0 radical (unpaired) electrons. The second-order valence-corrected chi connectivity index (χ2v) is 8.02. The first-order chi connectivity index (χ1) is 14.4. The average molecular weight is 423 g/mol. The van der Waals surface area contributed by atoms with Gasteiger partial charge in [-0.1, -0.05) is 0 Å². The van der Waals surface area contributed by atoms with E-state index >= 15 is 0 Å². The van der Waals surface area contributed by atoms with Crippen LogP contribution in [0.2, 0.25) is 0 Å². The SMILES string of the molecule is CC(=O)c1cc(C)cc(C(C)=NCC(C)N=C(C)c2cc(C)cc(C(C)=O)c2O)c1O.